The molecule has 0 aromatic heterocycles. The molecule has 136 valence electrons. The average Bonchev–Trinajstić information content (AvgIpc) is 2.77. The van der Waals surface area contributed by atoms with Crippen LogP contribution in [0.3, 0.4) is 0 Å². The molecule has 25 heavy (non-hydrogen) atoms. The Morgan fingerprint density at radius 3 is 2.92 bits per heavy atom. The van der Waals surface area contributed by atoms with Gasteiger partial charge in [0, 0.05) is 19.5 Å². The van der Waals surface area contributed by atoms with E-state index in [-0.39, 0.29) is 35.0 Å². The Kier molecular flexibility index (Phi) is 5.89. The maximum absolute atomic E-state index is 12.1. The van der Waals surface area contributed by atoms with Gasteiger partial charge in [-0.15, -0.1) is 12.4 Å². The van der Waals surface area contributed by atoms with Crippen molar-refractivity contribution in [3.63, 3.8) is 0 Å². The number of rotatable bonds is 3. The first-order valence-corrected chi connectivity index (χ1v) is 8.18. The van der Waals surface area contributed by atoms with Crippen molar-refractivity contribution in [2.75, 3.05) is 18.6 Å². The van der Waals surface area contributed by atoms with Gasteiger partial charge in [0.2, 0.25) is 0 Å². The van der Waals surface area contributed by atoms with Crippen LogP contribution in [0.4, 0.5) is 11.4 Å². The molecule has 0 amide bonds. The summed E-state index contributed by atoms with van der Waals surface area (Å²) < 4.78 is 5.14. The second-order valence-corrected chi connectivity index (χ2v) is 6.06. The summed E-state index contributed by atoms with van der Waals surface area (Å²) in [5, 5.41) is 14.6. The van der Waals surface area contributed by atoms with E-state index in [2.05, 4.69) is 5.32 Å². The number of hydrogen-bond donors (Lipinski definition) is 1. The summed E-state index contributed by atoms with van der Waals surface area (Å²) in [5.41, 5.74) is 2.79. The third kappa shape index (κ3) is 3.56. The monoisotopic (exact) mass is 367 g/mol. The second-order valence-electron chi connectivity index (χ2n) is 6.06. The van der Waals surface area contributed by atoms with Gasteiger partial charge in [-0.1, -0.05) is 6.07 Å². The third-order valence-corrected chi connectivity index (χ3v) is 4.60. The SMILES string of the molecule is CCOC(=O)C1CCCC2=C(N1)N(C)c1cccc([N+](=O)[O-])c1C2.Cl. The lowest BCUT2D eigenvalue weighted by atomic mass is 9.94. The number of nitrogens with zero attached hydrogens (tertiary/aromatic N) is 2. The number of esters is 1. The first-order chi connectivity index (χ1) is 11.5. The van der Waals surface area contributed by atoms with E-state index < -0.39 is 0 Å². The van der Waals surface area contributed by atoms with Crippen LogP contribution >= 0.6 is 12.4 Å². The molecule has 8 heteroatoms. The fraction of sp³-hybridized carbons (Fsp3) is 0.471. The van der Waals surface area contributed by atoms with Crippen LogP contribution in [0.5, 0.6) is 0 Å². The maximum Gasteiger partial charge on any atom is 0.328 e. The molecule has 0 aliphatic carbocycles. The van der Waals surface area contributed by atoms with Gasteiger partial charge >= 0.3 is 5.97 Å². The molecular weight excluding hydrogens is 346 g/mol. The first-order valence-electron chi connectivity index (χ1n) is 8.18. The van der Waals surface area contributed by atoms with E-state index in [1.807, 2.05) is 18.0 Å². The number of hydrogen-bond acceptors (Lipinski definition) is 6. The highest BCUT2D eigenvalue weighted by atomic mass is 35.5. The summed E-state index contributed by atoms with van der Waals surface area (Å²) in [7, 11) is 1.87. The lowest BCUT2D eigenvalue weighted by Gasteiger charge is -2.33. The number of anilines is 1. The van der Waals surface area contributed by atoms with Crippen LogP contribution in [-0.4, -0.2) is 30.6 Å². The van der Waals surface area contributed by atoms with Crippen molar-refractivity contribution in [1.82, 2.24) is 5.32 Å². The number of halogens is 1. The van der Waals surface area contributed by atoms with Crippen molar-refractivity contribution >= 4 is 29.8 Å². The van der Waals surface area contributed by atoms with Crippen molar-refractivity contribution in [2.24, 2.45) is 0 Å². The molecule has 7 nitrogen and oxygen atoms in total. The lowest BCUT2D eigenvalue weighted by molar-refractivity contribution is -0.385. The minimum absolute atomic E-state index is 0. The van der Waals surface area contributed by atoms with Gasteiger partial charge in [-0.3, -0.25) is 10.1 Å². The average molecular weight is 368 g/mol. The summed E-state index contributed by atoms with van der Waals surface area (Å²) in [6, 6.07) is 4.74. The van der Waals surface area contributed by atoms with E-state index >= 15 is 0 Å². The molecular formula is C17H22ClN3O4. The smallest absolute Gasteiger partial charge is 0.328 e. The van der Waals surface area contributed by atoms with Crippen LogP contribution in [0.1, 0.15) is 31.7 Å². The fourth-order valence-corrected chi connectivity index (χ4v) is 3.47. The molecule has 2 aliphatic rings. The summed E-state index contributed by atoms with van der Waals surface area (Å²) in [4.78, 5) is 25.0. The highest BCUT2D eigenvalue weighted by Crippen LogP contribution is 2.39. The molecule has 0 bridgehead atoms. The van der Waals surface area contributed by atoms with E-state index in [1.54, 1.807) is 19.1 Å². The van der Waals surface area contributed by atoms with Gasteiger partial charge < -0.3 is 15.0 Å². The summed E-state index contributed by atoms with van der Waals surface area (Å²) in [6.07, 6.45) is 2.89. The van der Waals surface area contributed by atoms with Gasteiger partial charge in [0.05, 0.1) is 22.8 Å². The van der Waals surface area contributed by atoms with E-state index in [4.69, 9.17) is 4.74 Å². The molecule has 1 atom stereocenters. The zero-order chi connectivity index (χ0) is 17.3. The Morgan fingerprint density at radius 1 is 1.48 bits per heavy atom. The highest BCUT2D eigenvalue weighted by molar-refractivity contribution is 5.85. The van der Waals surface area contributed by atoms with Crippen LogP contribution in [0.15, 0.2) is 29.6 Å². The second kappa shape index (κ2) is 7.74. The number of benzene rings is 1. The Bertz CT molecular complexity index is 720. The molecule has 0 saturated carbocycles. The molecule has 0 fully saturated rings. The largest absolute Gasteiger partial charge is 0.464 e. The van der Waals surface area contributed by atoms with Crippen LogP contribution in [0.25, 0.3) is 0 Å². The number of carbonyl (C=O) groups is 1. The van der Waals surface area contributed by atoms with Crippen molar-refractivity contribution in [1.29, 1.82) is 0 Å². The minimum atomic E-state index is -0.375. The molecule has 2 heterocycles. The molecule has 1 aromatic carbocycles. The molecule has 0 radical (unpaired) electrons. The van der Waals surface area contributed by atoms with Crippen LogP contribution in [-0.2, 0) is 16.0 Å². The number of nitro benzene ring substituents is 1. The van der Waals surface area contributed by atoms with E-state index in [9.17, 15) is 14.9 Å². The summed E-state index contributed by atoms with van der Waals surface area (Å²) >= 11 is 0. The van der Waals surface area contributed by atoms with Gasteiger partial charge in [0.15, 0.2) is 0 Å². The van der Waals surface area contributed by atoms with Gasteiger partial charge in [-0.2, -0.15) is 0 Å². The number of nitro groups is 1. The van der Waals surface area contributed by atoms with E-state index in [0.717, 1.165) is 35.5 Å². The van der Waals surface area contributed by atoms with Crippen LogP contribution < -0.4 is 10.2 Å². The van der Waals surface area contributed by atoms with Crippen molar-refractivity contribution in [3.8, 4) is 0 Å². The normalized spacial score (nSPS) is 19.0. The van der Waals surface area contributed by atoms with E-state index in [1.165, 1.54) is 0 Å². The number of nitrogens with one attached hydrogen (secondary N) is 1. The number of allylic oxidation sites excluding steroid dienone is 1. The predicted molar refractivity (Wildman–Crippen MR) is 96.9 cm³/mol. The Hall–Kier alpha value is -2.28. The summed E-state index contributed by atoms with van der Waals surface area (Å²) in [5.74, 6) is 0.628. The topological polar surface area (TPSA) is 84.7 Å². The molecule has 2 aliphatic heterocycles. The zero-order valence-electron chi connectivity index (χ0n) is 14.3. The Balaban J connectivity index is 0.00000225. The quantitative estimate of drug-likeness (QED) is 0.502. The van der Waals surface area contributed by atoms with Gasteiger partial charge in [-0.25, -0.2) is 4.79 Å². The fourth-order valence-electron chi connectivity index (χ4n) is 3.47. The third-order valence-electron chi connectivity index (χ3n) is 4.60. The number of fused-ring (bicyclic) bond motifs is 1. The molecule has 1 N–H and O–H groups in total. The minimum Gasteiger partial charge on any atom is -0.464 e. The van der Waals surface area contributed by atoms with Gasteiger partial charge in [0.25, 0.3) is 5.69 Å². The lowest BCUT2D eigenvalue weighted by Crippen LogP contribution is -2.42. The molecule has 1 unspecified atom stereocenters. The molecule has 3 rings (SSSR count). The van der Waals surface area contributed by atoms with Crippen molar-refractivity contribution < 1.29 is 14.5 Å². The maximum atomic E-state index is 12.1. The standard InChI is InChI=1S/C17H21N3O4.ClH/c1-3-24-17(21)13-7-4-6-11-10-12-14(19(2)16(11)18-13)8-5-9-15(12)20(22)23;/h5,8-9,13,18H,3-4,6-7,10H2,1-2H3;1H. The van der Waals surface area contributed by atoms with Gasteiger partial charge in [-0.05, 0) is 37.8 Å². The number of ether oxygens (including phenoxy) is 1. The van der Waals surface area contributed by atoms with E-state index in [0.29, 0.717) is 19.4 Å². The molecule has 0 saturated heterocycles. The highest BCUT2D eigenvalue weighted by Gasteiger charge is 2.32. The van der Waals surface area contributed by atoms with Crippen molar-refractivity contribution in [3.05, 3.63) is 45.3 Å². The number of carbonyl (C=O) groups excluding carboxylic acids is 1. The molecule has 0 spiro atoms. The Morgan fingerprint density at radius 2 is 2.24 bits per heavy atom. The molecule has 1 aromatic rings. The first kappa shape index (κ1) is 19.1. The van der Waals surface area contributed by atoms with Gasteiger partial charge in [0.1, 0.15) is 11.9 Å². The van der Waals surface area contributed by atoms with Crippen molar-refractivity contribution in [2.45, 2.75) is 38.6 Å². The zero-order valence-corrected chi connectivity index (χ0v) is 15.1. The predicted octanol–water partition coefficient (Wildman–Crippen LogP) is 2.93. The van der Waals surface area contributed by atoms with Crippen LogP contribution in [0, 0.1) is 10.1 Å². The summed E-state index contributed by atoms with van der Waals surface area (Å²) in [6.45, 7) is 2.15. The van der Waals surface area contributed by atoms with Crippen LogP contribution in [0.2, 0.25) is 0 Å². The Labute approximate surface area is 152 Å².